The van der Waals surface area contributed by atoms with E-state index in [1.165, 1.54) is 4.90 Å². The lowest BCUT2D eigenvalue weighted by Crippen LogP contribution is -2.25. The molecule has 0 fully saturated rings. The number of anilines is 1. The molecule has 0 aliphatic carbocycles. The molecule has 0 bridgehead atoms. The Bertz CT molecular complexity index is 394. The van der Waals surface area contributed by atoms with Gasteiger partial charge >= 0.3 is 0 Å². The van der Waals surface area contributed by atoms with Gasteiger partial charge in [-0.1, -0.05) is 0 Å². The first kappa shape index (κ1) is 12.6. The highest BCUT2D eigenvalue weighted by Gasteiger charge is 2.06. The van der Waals surface area contributed by atoms with Crippen molar-refractivity contribution in [1.82, 2.24) is 0 Å². The van der Waals surface area contributed by atoms with Gasteiger partial charge in [-0.3, -0.25) is 4.79 Å². The number of nitrogens with zero attached hydrogens (tertiary/aromatic N) is 2. The molecule has 84 valence electrons. The molecule has 0 saturated carbocycles. The second kappa shape index (κ2) is 6.19. The van der Waals surface area contributed by atoms with Crippen LogP contribution in [0.5, 0.6) is 0 Å². The first-order valence-corrected chi connectivity index (χ1v) is 6.13. The van der Waals surface area contributed by atoms with Crippen molar-refractivity contribution in [3.63, 3.8) is 0 Å². The minimum Gasteiger partial charge on any atom is -0.367 e. The lowest BCUT2D eigenvalue weighted by atomic mass is 10.2. The fraction of sp³-hybridized carbons (Fsp3) is 0.333. The summed E-state index contributed by atoms with van der Waals surface area (Å²) in [5, 5.41) is 8.40. The Labute approximate surface area is 100 Å². The van der Waals surface area contributed by atoms with Crippen LogP contribution in [0.3, 0.4) is 0 Å². The largest absolute Gasteiger partial charge is 0.367 e. The maximum Gasteiger partial charge on any atom is 0.166 e. The third-order valence-electron chi connectivity index (χ3n) is 2.20. The number of benzene rings is 1. The van der Waals surface area contributed by atoms with Crippen LogP contribution >= 0.6 is 11.8 Å². The van der Waals surface area contributed by atoms with Gasteiger partial charge in [-0.05, 0) is 30.5 Å². The van der Waals surface area contributed by atoms with Gasteiger partial charge in [0.2, 0.25) is 0 Å². The molecule has 0 aromatic heterocycles. The van der Waals surface area contributed by atoms with Crippen molar-refractivity contribution < 1.29 is 4.79 Å². The minimum atomic E-state index is -0.0565. The number of Topliss-reactive ketones (excluding diaryl/α,β-unsaturated/α-hetero) is 1. The van der Waals surface area contributed by atoms with Crippen molar-refractivity contribution in [1.29, 1.82) is 5.26 Å². The van der Waals surface area contributed by atoms with Crippen LogP contribution in [0.25, 0.3) is 0 Å². The van der Waals surface area contributed by atoms with Crippen LogP contribution in [0.2, 0.25) is 0 Å². The van der Waals surface area contributed by atoms with Crippen molar-refractivity contribution in [2.75, 3.05) is 24.7 Å². The molecule has 1 aromatic rings. The zero-order chi connectivity index (χ0) is 12.0. The summed E-state index contributed by atoms with van der Waals surface area (Å²) in [5.74, 6) is -0.0565. The van der Waals surface area contributed by atoms with E-state index in [1.807, 2.05) is 48.5 Å². The first-order chi connectivity index (χ1) is 7.67. The van der Waals surface area contributed by atoms with Crippen molar-refractivity contribution in [2.45, 2.75) is 11.3 Å². The number of nitriles is 1. The van der Waals surface area contributed by atoms with Gasteiger partial charge in [-0.25, -0.2) is 0 Å². The molecule has 0 saturated heterocycles. The second-order valence-electron chi connectivity index (χ2n) is 3.43. The molecular formula is C12H14N2OS. The summed E-state index contributed by atoms with van der Waals surface area (Å²) in [6.07, 6.45) is 2.00. The van der Waals surface area contributed by atoms with E-state index >= 15 is 0 Å². The Hall–Kier alpha value is -1.47. The van der Waals surface area contributed by atoms with Gasteiger partial charge in [-0.15, -0.1) is 11.8 Å². The summed E-state index contributed by atoms with van der Waals surface area (Å²) in [6, 6.07) is 9.86. The number of ketones is 1. The summed E-state index contributed by atoms with van der Waals surface area (Å²) < 4.78 is 0. The van der Waals surface area contributed by atoms with E-state index in [-0.39, 0.29) is 18.7 Å². The number of rotatable bonds is 5. The average molecular weight is 234 g/mol. The lowest BCUT2D eigenvalue weighted by Gasteiger charge is -2.17. The molecule has 0 amide bonds. The Balaban J connectivity index is 2.62. The normalized spacial score (nSPS) is 9.56. The molecule has 0 atom stereocenters. The molecule has 1 aromatic carbocycles. The van der Waals surface area contributed by atoms with Gasteiger partial charge in [0, 0.05) is 17.6 Å². The molecule has 3 nitrogen and oxygen atoms in total. The first-order valence-electron chi connectivity index (χ1n) is 4.91. The van der Waals surface area contributed by atoms with Crippen LogP contribution in [-0.4, -0.2) is 25.6 Å². The number of hydrogen-bond donors (Lipinski definition) is 0. The van der Waals surface area contributed by atoms with Crippen LogP contribution in [0, 0.1) is 11.3 Å². The number of carbonyl (C=O) groups excluding carboxylic acids is 1. The highest BCUT2D eigenvalue weighted by Crippen LogP contribution is 2.19. The fourth-order valence-corrected chi connectivity index (χ4v) is 1.74. The fourth-order valence-electron chi connectivity index (χ4n) is 1.34. The number of hydrogen-bond acceptors (Lipinski definition) is 4. The van der Waals surface area contributed by atoms with E-state index in [2.05, 4.69) is 0 Å². The molecule has 0 spiro atoms. The standard InChI is InChI=1S/C12H14N2OS/c1-14(9-11(15)7-8-13)10-3-5-12(16-2)6-4-10/h3-6H,7,9H2,1-2H3. The summed E-state index contributed by atoms with van der Waals surface area (Å²) >= 11 is 1.68. The molecule has 0 aliphatic rings. The smallest absolute Gasteiger partial charge is 0.166 e. The number of carbonyl (C=O) groups is 1. The van der Waals surface area contributed by atoms with E-state index in [0.29, 0.717) is 0 Å². The molecule has 0 heterocycles. The summed E-state index contributed by atoms with van der Waals surface area (Å²) in [7, 11) is 1.85. The third kappa shape index (κ3) is 3.59. The summed E-state index contributed by atoms with van der Waals surface area (Å²) in [5.41, 5.74) is 0.990. The van der Waals surface area contributed by atoms with Gasteiger partial charge in [-0.2, -0.15) is 5.26 Å². The SMILES string of the molecule is CSc1ccc(N(C)CC(=O)CC#N)cc1. The van der Waals surface area contributed by atoms with E-state index < -0.39 is 0 Å². The van der Waals surface area contributed by atoms with Gasteiger partial charge in [0.25, 0.3) is 0 Å². The maximum absolute atomic E-state index is 11.3. The average Bonchev–Trinajstić information content (AvgIpc) is 2.29. The van der Waals surface area contributed by atoms with Gasteiger partial charge < -0.3 is 4.90 Å². The molecule has 0 N–H and O–H groups in total. The van der Waals surface area contributed by atoms with Crippen LogP contribution < -0.4 is 4.90 Å². The summed E-state index contributed by atoms with van der Waals surface area (Å²) in [6.45, 7) is 0.284. The Morgan fingerprint density at radius 2 is 2.06 bits per heavy atom. The van der Waals surface area contributed by atoms with Gasteiger partial charge in [0.1, 0.15) is 0 Å². The van der Waals surface area contributed by atoms with Crippen LogP contribution in [0.15, 0.2) is 29.2 Å². The molecule has 0 aliphatic heterocycles. The quantitative estimate of drug-likeness (QED) is 0.733. The topological polar surface area (TPSA) is 44.1 Å². The van der Waals surface area contributed by atoms with E-state index in [0.717, 1.165) is 5.69 Å². The molecule has 16 heavy (non-hydrogen) atoms. The molecule has 4 heteroatoms. The van der Waals surface area contributed by atoms with Crippen LogP contribution in [0.1, 0.15) is 6.42 Å². The van der Waals surface area contributed by atoms with Gasteiger partial charge in [0.15, 0.2) is 5.78 Å². The monoisotopic (exact) mass is 234 g/mol. The number of likely N-dealkylation sites (N-methyl/N-ethyl adjacent to an activating group) is 1. The summed E-state index contributed by atoms with van der Waals surface area (Å²) in [4.78, 5) is 14.3. The van der Waals surface area contributed by atoms with Crippen LogP contribution in [0.4, 0.5) is 5.69 Å². The Morgan fingerprint density at radius 1 is 1.44 bits per heavy atom. The maximum atomic E-state index is 11.3. The van der Waals surface area contributed by atoms with Crippen molar-refractivity contribution in [3.05, 3.63) is 24.3 Å². The van der Waals surface area contributed by atoms with Crippen molar-refractivity contribution >= 4 is 23.2 Å². The van der Waals surface area contributed by atoms with E-state index in [9.17, 15) is 4.79 Å². The molecule has 0 radical (unpaired) electrons. The van der Waals surface area contributed by atoms with E-state index in [4.69, 9.17) is 5.26 Å². The van der Waals surface area contributed by atoms with Crippen molar-refractivity contribution in [2.24, 2.45) is 0 Å². The lowest BCUT2D eigenvalue weighted by molar-refractivity contribution is -0.116. The zero-order valence-corrected chi connectivity index (χ0v) is 10.3. The van der Waals surface area contributed by atoms with Crippen molar-refractivity contribution in [3.8, 4) is 6.07 Å². The molecular weight excluding hydrogens is 220 g/mol. The second-order valence-corrected chi connectivity index (χ2v) is 4.31. The highest BCUT2D eigenvalue weighted by molar-refractivity contribution is 7.98. The van der Waals surface area contributed by atoms with Crippen LogP contribution in [-0.2, 0) is 4.79 Å². The van der Waals surface area contributed by atoms with E-state index in [1.54, 1.807) is 11.8 Å². The highest BCUT2D eigenvalue weighted by atomic mass is 32.2. The number of thioether (sulfide) groups is 1. The van der Waals surface area contributed by atoms with Gasteiger partial charge in [0.05, 0.1) is 19.0 Å². The predicted molar refractivity (Wildman–Crippen MR) is 66.7 cm³/mol. The molecule has 1 rings (SSSR count). The third-order valence-corrected chi connectivity index (χ3v) is 2.95. The Morgan fingerprint density at radius 3 is 2.56 bits per heavy atom. The predicted octanol–water partition coefficient (Wildman–Crippen LogP) is 2.33. The minimum absolute atomic E-state index is 0.0206. The zero-order valence-electron chi connectivity index (χ0n) is 9.43. The Kier molecular flexibility index (Phi) is 4.87. The molecule has 0 unspecified atom stereocenters.